The molecule has 0 saturated carbocycles. The quantitative estimate of drug-likeness (QED) is 0.634. The molecule has 0 aliphatic rings. The highest BCUT2D eigenvalue weighted by molar-refractivity contribution is 5.74. The van der Waals surface area contributed by atoms with Crippen LogP contribution in [0.1, 0.15) is 61.8 Å². The Kier molecular flexibility index (Phi) is 8.86. The normalized spacial score (nSPS) is 11.8. The second kappa shape index (κ2) is 9.22. The molecular weight excluding hydrogens is 250 g/mol. The van der Waals surface area contributed by atoms with Crippen LogP contribution in [0.5, 0.6) is 0 Å². The van der Waals surface area contributed by atoms with Crippen molar-refractivity contribution in [3.63, 3.8) is 0 Å². The van der Waals surface area contributed by atoms with E-state index in [1.54, 1.807) is 0 Å². The van der Waals surface area contributed by atoms with Crippen molar-refractivity contribution in [3.05, 3.63) is 0 Å². The molecule has 0 spiro atoms. The third-order valence-electron chi connectivity index (χ3n) is 3.54. The molecule has 0 radical (unpaired) electrons. The third-order valence-corrected chi connectivity index (χ3v) is 3.54. The van der Waals surface area contributed by atoms with Gasteiger partial charge in [-0.05, 0) is 40.0 Å². The standard InChI is InChI=1S/C16H35N3O/c1-9-17(10-2)18(12-11-13(3)4)16(20)19(14(5)6)15(7)8/h13-15H,9-12H2,1-8H3. The minimum atomic E-state index is 0.138. The van der Waals surface area contributed by atoms with Crippen molar-refractivity contribution in [1.82, 2.24) is 14.9 Å². The Morgan fingerprint density at radius 1 is 0.900 bits per heavy atom. The fourth-order valence-corrected chi connectivity index (χ4v) is 2.47. The van der Waals surface area contributed by atoms with Crippen molar-refractivity contribution in [3.8, 4) is 0 Å². The van der Waals surface area contributed by atoms with Crippen molar-refractivity contribution >= 4 is 6.03 Å². The molecule has 20 heavy (non-hydrogen) atoms. The molecule has 120 valence electrons. The number of carbonyl (C=O) groups is 1. The topological polar surface area (TPSA) is 26.8 Å². The summed E-state index contributed by atoms with van der Waals surface area (Å²) in [4.78, 5) is 14.9. The van der Waals surface area contributed by atoms with Gasteiger partial charge in [0.2, 0.25) is 0 Å². The molecule has 0 aliphatic carbocycles. The Hall–Kier alpha value is -0.770. The monoisotopic (exact) mass is 285 g/mol. The van der Waals surface area contributed by atoms with E-state index >= 15 is 0 Å². The Bertz CT molecular complexity index is 265. The summed E-state index contributed by atoms with van der Waals surface area (Å²) in [5.74, 6) is 0.604. The maximum absolute atomic E-state index is 12.9. The van der Waals surface area contributed by atoms with Crippen molar-refractivity contribution in [1.29, 1.82) is 0 Å². The Morgan fingerprint density at radius 2 is 1.35 bits per heavy atom. The molecule has 0 heterocycles. The third kappa shape index (κ3) is 5.70. The predicted molar refractivity (Wildman–Crippen MR) is 86.6 cm³/mol. The van der Waals surface area contributed by atoms with Gasteiger partial charge in [-0.15, -0.1) is 0 Å². The average molecular weight is 285 g/mol. The summed E-state index contributed by atoms with van der Waals surface area (Å²) < 4.78 is 0. The molecule has 0 saturated heterocycles. The van der Waals surface area contributed by atoms with E-state index in [2.05, 4.69) is 60.4 Å². The van der Waals surface area contributed by atoms with Gasteiger partial charge in [0.15, 0.2) is 0 Å². The van der Waals surface area contributed by atoms with Crippen LogP contribution in [0.2, 0.25) is 0 Å². The summed E-state index contributed by atoms with van der Waals surface area (Å²) in [5.41, 5.74) is 0. The van der Waals surface area contributed by atoms with Gasteiger partial charge in [-0.1, -0.05) is 27.7 Å². The van der Waals surface area contributed by atoms with Crippen LogP contribution in [-0.4, -0.2) is 52.7 Å². The highest BCUT2D eigenvalue weighted by atomic mass is 16.2. The van der Waals surface area contributed by atoms with Crippen molar-refractivity contribution in [2.24, 2.45) is 5.92 Å². The number of hydrogen-bond donors (Lipinski definition) is 0. The number of carbonyl (C=O) groups excluding carboxylic acids is 1. The molecule has 0 aromatic carbocycles. The van der Waals surface area contributed by atoms with Crippen LogP contribution in [0, 0.1) is 5.92 Å². The first kappa shape index (κ1) is 19.2. The molecule has 0 fully saturated rings. The largest absolute Gasteiger partial charge is 0.334 e. The van der Waals surface area contributed by atoms with Crippen molar-refractivity contribution in [2.75, 3.05) is 19.6 Å². The molecule has 4 nitrogen and oxygen atoms in total. The first-order chi connectivity index (χ1) is 9.26. The minimum Gasteiger partial charge on any atom is -0.319 e. The van der Waals surface area contributed by atoms with Crippen LogP contribution < -0.4 is 0 Å². The number of amides is 2. The zero-order chi connectivity index (χ0) is 15.9. The number of nitrogens with zero attached hydrogens (tertiary/aromatic N) is 3. The van der Waals surface area contributed by atoms with Gasteiger partial charge in [-0.3, -0.25) is 5.01 Å². The zero-order valence-electron chi connectivity index (χ0n) is 14.8. The fraction of sp³-hybridized carbons (Fsp3) is 0.938. The molecule has 0 unspecified atom stereocenters. The van der Waals surface area contributed by atoms with E-state index in [1.165, 1.54) is 0 Å². The summed E-state index contributed by atoms with van der Waals surface area (Å²) in [6, 6.07) is 0.582. The van der Waals surface area contributed by atoms with Crippen LogP contribution >= 0.6 is 0 Å². The highest BCUT2D eigenvalue weighted by Crippen LogP contribution is 2.14. The Labute approximate surface area is 126 Å². The first-order valence-electron chi connectivity index (χ1n) is 8.10. The van der Waals surface area contributed by atoms with Gasteiger partial charge in [0.1, 0.15) is 0 Å². The number of hydrazine groups is 1. The Balaban J connectivity index is 5.11. The maximum atomic E-state index is 12.9. The lowest BCUT2D eigenvalue weighted by atomic mass is 10.1. The molecule has 0 atom stereocenters. The Morgan fingerprint density at radius 3 is 1.65 bits per heavy atom. The smallest absolute Gasteiger partial charge is 0.319 e. The molecule has 0 N–H and O–H groups in total. The van der Waals surface area contributed by atoms with Gasteiger partial charge < -0.3 is 4.90 Å². The van der Waals surface area contributed by atoms with Gasteiger partial charge in [-0.25, -0.2) is 9.80 Å². The van der Waals surface area contributed by atoms with E-state index in [-0.39, 0.29) is 18.1 Å². The van der Waals surface area contributed by atoms with Gasteiger partial charge in [-0.2, -0.15) is 0 Å². The number of hydrogen-bond acceptors (Lipinski definition) is 2. The second-order valence-corrected chi connectivity index (χ2v) is 6.32. The van der Waals surface area contributed by atoms with Gasteiger partial charge in [0.05, 0.1) is 0 Å². The summed E-state index contributed by atoms with van der Waals surface area (Å²) in [5, 5.41) is 4.09. The summed E-state index contributed by atoms with van der Waals surface area (Å²) >= 11 is 0. The van der Waals surface area contributed by atoms with Crippen LogP contribution in [0.15, 0.2) is 0 Å². The first-order valence-corrected chi connectivity index (χ1v) is 8.10. The second-order valence-electron chi connectivity index (χ2n) is 6.32. The highest BCUT2D eigenvalue weighted by Gasteiger charge is 2.28. The predicted octanol–water partition coefficient (Wildman–Crippen LogP) is 3.83. The average Bonchev–Trinajstić information content (AvgIpc) is 2.32. The van der Waals surface area contributed by atoms with Crippen LogP contribution in [0.3, 0.4) is 0 Å². The van der Waals surface area contributed by atoms with Crippen LogP contribution in [0.4, 0.5) is 4.79 Å². The lowest BCUT2D eigenvalue weighted by molar-refractivity contribution is -0.00532. The van der Waals surface area contributed by atoms with Gasteiger partial charge in [0, 0.05) is 31.7 Å². The molecular formula is C16H35N3O. The molecule has 0 rings (SSSR count). The van der Waals surface area contributed by atoms with Crippen molar-refractivity contribution in [2.45, 2.75) is 73.9 Å². The summed E-state index contributed by atoms with van der Waals surface area (Å²) in [7, 11) is 0. The molecule has 0 aromatic rings. The van der Waals surface area contributed by atoms with E-state index < -0.39 is 0 Å². The lowest BCUT2D eigenvalue weighted by Gasteiger charge is -2.40. The lowest BCUT2D eigenvalue weighted by Crippen LogP contribution is -2.56. The number of urea groups is 1. The molecule has 0 bridgehead atoms. The summed E-state index contributed by atoms with van der Waals surface area (Å²) in [6.07, 6.45) is 1.03. The number of rotatable bonds is 8. The van der Waals surface area contributed by atoms with Crippen LogP contribution in [-0.2, 0) is 0 Å². The maximum Gasteiger partial charge on any atom is 0.334 e. The van der Waals surface area contributed by atoms with E-state index in [4.69, 9.17) is 0 Å². The molecule has 2 amide bonds. The molecule has 4 heteroatoms. The van der Waals surface area contributed by atoms with E-state index in [1.807, 2.05) is 9.91 Å². The minimum absolute atomic E-state index is 0.138. The van der Waals surface area contributed by atoms with E-state index in [0.717, 1.165) is 26.1 Å². The molecule has 0 aromatic heterocycles. The SMILES string of the molecule is CCN(CC)N(CCC(C)C)C(=O)N(C(C)C)C(C)C. The van der Waals surface area contributed by atoms with Gasteiger partial charge >= 0.3 is 6.03 Å². The van der Waals surface area contributed by atoms with Crippen molar-refractivity contribution < 1.29 is 4.79 Å². The molecule has 0 aliphatic heterocycles. The van der Waals surface area contributed by atoms with E-state index in [0.29, 0.717) is 5.92 Å². The summed E-state index contributed by atoms with van der Waals surface area (Å²) in [6.45, 7) is 19.5. The zero-order valence-corrected chi connectivity index (χ0v) is 14.8. The van der Waals surface area contributed by atoms with Gasteiger partial charge in [0.25, 0.3) is 0 Å². The van der Waals surface area contributed by atoms with Crippen LogP contribution in [0.25, 0.3) is 0 Å². The van der Waals surface area contributed by atoms with E-state index in [9.17, 15) is 4.79 Å². The fourth-order valence-electron chi connectivity index (χ4n) is 2.47.